The maximum Gasteiger partial charge on any atom is 0.236 e. The molecule has 92 valence electrons. The monoisotopic (exact) mass is 250 g/mol. The molecule has 17 heavy (non-hydrogen) atoms. The number of carbonyl (C=O) groups is 1. The number of carbonyl (C=O) groups excluding carboxylic acids is 1. The maximum atomic E-state index is 12.1. The largest absolute Gasteiger partial charge is 0.337 e. The molecule has 0 aromatic carbocycles. The fourth-order valence-electron chi connectivity index (χ4n) is 2.23. The van der Waals surface area contributed by atoms with E-state index in [1.807, 2.05) is 16.2 Å². The Hall–Kier alpha value is -0.870. The van der Waals surface area contributed by atoms with Crippen LogP contribution in [-0.2, 0) is 17.8 Å². The lowest BCUT2D eigenvalue weighted by Crippen LogP contribution is -2.43. The Morgan fingerprint density at radius 1 is 1.59 bits per heavy atom. The minimum Gasteiger partial charge on any atom is -0.337 e. The molecular formula is C13H18N2OS. The standard InChI is InChI=1S/C13H18N2OS/c1-13(4-5-13)14-8-12(16)15-6-2-11-10(9-15)3-7-17-11/h3,7,14H,2,4-6,8-9H2,1H3. The molecule has 1 amide bonds. The molecule has 1 aliphatic carbocycles. The Bertz CT molecular complexity index is 436. The molecule has 0 spiro atoms. The van der Waals surface area contributed by atoms with Crippen molar-refractivity contribution in [2.24, 2.45) is 0 Å². The van der Waals surface area contributed by atoms with E-state index < -0.39 is 0 Å². The fourth-order valence-corrected chi connectivity index (χ4v) is 3.12. The van der Waals surface area contributed by atoms with Crippen molar-refractivity contribution in [2.75, 3.05) is 13.1 Å². The summed E-state index contributed by atoms with van der Waals surface area (Å²) in [6, 6.07) is 2.15. The highest BCUT2D eigenvalue weighted by Gasteiger charge is 2.37. The normalized spacial score (nSPS) is 21.1. The van der Waals surface area contributed by atoms with E-state index in [0.717, 1.165) is 19.5 Å². The van der Waals surface area contributed by atoms with Crippen LogP contribution in [0.3, 0.4) is 0 Å². The lowest BCUT2D eigenvalue weighted by Gasteiger charge is -2.27. The van der Waals surface area contributed by atoms with Gasteiger partial charge in [0.2, 0.25) is 5.91 Å². The van der Waals surface area contributed by atoms with Gasteiger partial charge in [-0.15, -0.1) is 11.3 Å². The second-order valence-corrected chi connectivity index (χ2v) is 6.35. The molecule has 1 saturated carbocycles. The number of nitrogens with one attached hydrogen (secondary N) is 1. The number of fused-ring (bicyclic) bond motifs is 1. The van der Waals surface area contributed by atoms with Gasteiger partial charge in [-0.05, 0) is 43.2 Å². The zero-order chi connectivity index (χ0) is 11.9. The third kappa shape index (κ3) is 2.38. The molecule has 0 unspecified atom stereocenters. The molecule has 1 N–H and O–H groups in total. The quantitative estimate of drug-likeness (QED) is 0.887. The highest BCUT2D eigenvalue weighted by atomic mass is 32.1. The Kier molecular flexibility index (Phi) is 2.71. The van der Waals surface area contributed by atoms with E-state index in [1.54, 1.807) is 0 Å². The van der Waals surface area contributed by atoms with Gasteiger partial charge in [-0.1, -0.05) is 0 Å². The van der Waals surface area contributed by atoms with Gasteiger partial charge >= 0.3 is 0 Å². The molecule has 0 saturated heterocycles. The van der Waals surface area contributed by atoms with Crippen LogP contribution in [0.4, 0.5) is 0 Å². The van der Waals surface area contributed by atoms with E-state index in [9.17, 15) is 4.79 Å². The lowest BCUT2D eigenvalue weighted by atomic mass is 10.1. The van der Waals surface area contributed by atoms with Crippen LogP contribution in [0.1, 0.15) is 30.2 Å². The lowest BCUT2D eigenvalue weighted by molar-refractivity contribution is -0.131. The Morgan fingerprint density at radius 3 is 3.18 bits per heavy atom. The van der Waals surface area contributed by atoms with Crippen LogP contribution in [0.15, 0.2) is 11.4 Å². The zero-order valence-electron chi connectivity index (χ0n) is 10.2. The summed E-state index contributed by atoms with van der Waals surface area (Å²) in [6.07, 6.45) is 3.43. The highest BCUT2D eigenvalue weighted by molar-refractivity contribution is 7.10. The van der Waals surface area contributed by atoms with Gasteiger partial charge in [0.05, 0.1) is 6.54 Å². The maximum absolute atomic E-state index is 12.1. The smallest absolute Gasteiger partial charge is 0.236 e. The predicted octanol–water partition coefficient (Wildman–Crippen LogP) is 1.77. The first-order valence-corrected chi connectivity index (χ1v) is 7.12. The minimum absolute atomic E-state index is 0.245. The molecule has 2 aliphatic rings. The average Bonchev–Trinajstić information content (AvgIpc) is 2.90. The van der Waals surface area contributed by atoms with Crippen molar-refractivity contribution >= 4 is 17.2 Å². The number of rotatable bonds is 3. The molecule has 0 radical (unpaired) electrons. The molecule has 3 rings (SSSR count). The van der Waals surface area contributed by atoms with Crippen molar-refractivity contribution in [1.29, 1.82) is 0 Å². The summed E-state index contributed by atoms with van der Waals surface area (Å²) in [5.74, 6) is 0.245. The minimum atomic E-state index is 0.245. The van der Waals surface area contributed by atoms with Crippen molar-refractivity contribution in [1.82, 2.24) is 10.2 Å². The second kappa shape index (κ2) is 4.10. The molecule has 1 aromatic heterocycles. The first-order valence-electron chi connectivity index (χ1n) is 6.24. The SMILES string of the molecule is CC1(NCC(=O)N2CCc3sccc3C2)CC1. The Labute approximate surface area is 106 Å². The molecule has 1 aliphatic heterocycles. The van der Waals surface area contributed by atoms with E-state index >= 15 is 0 Å². The van der Waals surface area contributed by atoms with E-state index in [2.05, 4.69) is 23.7 Å². The molecule has 4 heteroatoms. The van der Waals surface area contributed by atoms with Gasteiger partial charge in [0.25, 0.3) is 0 Å². The van der Waals surface area contributed by atoms with Gasteiger partial charge in [-0.25, -0.2) is 0 Å². The van der Waals surface area contributed by atoms with Gasteiger partial charge in [-0.2, -0.15) is 0 Å². The van der Waals surface area contributed by atoms with Crippen LogP contribution in [0.25, 0.3) is 0 Å². The number of thiophene rings is 1. The second-order valence-electron chi connectivity index (χ2n) is 5.35. The molecule has 2 heterocycles. The van der Waals surface area contributed by atoms with Gasteiger partial charge in [-0.3, -0.25) is 4.79 Å². The van der Waals surface area contributed by atoms with Gasteiger partial charge in [0.1, 0.15) is 0 Å². The van der Waals surface area contributed by atoms with E-state index in [0.29, 0.717) is 6.54 Å². The summed E-state index contributed by atoms with van der Waals surface area (Å²) >= 11 is 1.81. The summed E-state index contributed by atoms with van der Waals surface area (Å²) in [7, 11) is 0. The van der Waals surface area contributed by atoms with Crippen LogP contribution in [0.2, 0.25) is 0 Å². The van der Waals surface area contributed by atoms with E-state index in [1.165, 1.54) is 23.3 Å². The number of hydrogen-bond acceptors (Lipinski definition) is 3. The van der Waals surface area contributed by atoms with Gasteiger partial charge < -0.3 is 10.2 Å². The third-order valence-electron chi connectivity index (χ3n) is 3.83. The van der Waals surface area contributed by atoms with Gasteiger partial charge in [0, 0.05) is 23.5 Å². The molecule has 0 bridgehead atoms. The third-order valence-corrected chi connectivity index (χ3v) is 4.85. The molecule has 1 fully saturated rings. The number of amides is 1. The van der Waals surface area contributed by atoms with Crippen LogP contribution in [0, 0.1) is 0 Å². The summed E-state index contributed by atoms with van der Waals surface area (Å²) in [4.78, 5) is 15.5. The zero-order valence-corrected chi connectivity index (χ0v) is 11.0. The van der Waals surface area contributed by atoms with Gasteiger partial charge in [0.15, 0.2) is 0 Å². The average molecular weight is 250 g/mol. The predicted molar refractivity (Wildman–Crippen MR) is 69.1 cm³/mol. The number of hydrogen-bond donors (Lipinski definition) is 1. The van der Waals surface area contributed by atoms with Crippen LogP contribution < -0.4 is 5.32 Å². The summed E-state index contributed by atoms with van der Waals surface area (Å²) in [6.45, 7) is 4.37. The van der Waals surface area contributed by atoms with Crippen LogP contribution in [-0.4, -0.2) is 29.4 Å². The van der Waals surface area contributed by atoms with Crippen molar-refractivity contribution in [3.63, 3.8) is 0 Å². The van der Waals surface area contributed by atoms with Crippen LogP contribution >= 0.6 is 11.3 Å². The number of nitrogens with zero attached hydrogens (tertiary/aromatic N) is 1. The Morgan fingerprint density at radius 2 is 2.41 bits per heavy atom. The summed E-state index contributed by atoms with van der Waals surface area (Å²) in [5, 5.41) is 5.49. The van der Waals surface area contributed by atoms with Crippen molar-refractivity contribution in [3.05, 3.63) is 21.9 Å². The molecule has 0 atom stereocenters. The molecular weight excluding hydrogens is 232 g/mol. The van der Waals surface area contributed by atoms with Crippen molar-refractivity contribution in [2.45, 2.75) is 38.3 Å². The first kappa shape index (κ1) is 11.2. The highest BCUT2D eigenvalue weighted by Crippen LogP contribution is 2.34. The molecule has 1 aromatic rings. The van der Waals surface area contributed by atoms with E-state index in [4.69, 9.17) is 0 Å². The van der Waals surface area contributed by atoms with Crippen LogP contribution in [0.5, 0.6) is 0 Å². The first-order chi connectivity index (χ1) is 8.16. The van der Waals surface area contributed by atoms with Crippen molar-refractivity contribution in [3.8, 4) is 0 Å². The summed E-state index contributed by atoms with van der Waals surface area (Å²) < 4.78 is 0. The molecule has 3 nitrogen and oxygen atoms in total. The fraction of sp³-hybridized carbons (Fsp3) is 0.615. The van der Waals surface area contributed by atoms with E-state index in [-0.39, 0.29) is 11.4 Å². The van der Waals surface area contributed by atoms with Crippen molar-refractivity contribution < 1.29 is 4.79 Å². The summed E-state index contributed by atoms with van der Waals surface area (Å²) in [5.41, 5.74) is 1.59. The topological polar surface area (TPSA) is 32.3 Å². The Balaban J connectivity index is 1.57.